The standard InChI is InChI=1S/C11H12N4O2/c16-6-9-3-1-8(2-4-9)5-12-11(17)10-13-7-14-15-10/h1-4,7,16H,5-6H2,(H,12,17)(H,13,14,15). The van der Waals surface area contributed by atoms with Gasteiger partial charge in [-0.25, -0.2) is 4.98 Å². The van der Waals surface area contributed by atoms with Crippen molar-refractivity contribution in [2.24, 2.45) is 0 Å². The summed E-state index contributed by atoms with van der Waals surface area (Å²) >= 11 is 0. The minimum Gasteiger partial charge on any atom is -0.392 e. The van der Waals surface area contributed by atoms with Crippen LogP contribution in [0.2, 0.25) is 0 Å². The fourth-order valence-electron chi connectivity index (χ4n) is 1.34. The summed E-state index contributed by atoms with van der Waals surface area (Å²) in [6.07, 6.45) is 1.28. The highest BCUT2D eigenvalue weighted by molar-refractivity contribution is 5.90. The lowest BCUT2D eigenvalue weighted by Gasteiger charge is -2.04. The van der Waals surface area contributed by atoms with Gasteiger partial charge in [-0.1, -0.05) is 24.3 Å². The van der Waals surface area contributed by atoms with Gasteiger partial charge in [0, 0.05) is 6.54 Å². The number of carbonyl (C=O) groups is 1. The Balaban J connectivity index is 1.91. The topological polar surface area (TPSA) is 90.9 Å². The molecule has 17 heavy (non-hydrogen) atoms. The van der Waals surface area contributed by atoms with Crippen molar-refractivity contribution in [2.75, 3.05) is 0 Å². The van der Waals surface area contributed by atoms with Crippen LogP contribution in [0.1, 0.15) is 21.7 Å². The smallest absolute Gasteiger partial charge is 0.288 e. The first-order valence-corrected chi connectivity index (χ1v) is 5.12. The second kappa shape index (κ2) is 5.22. The molecule has 6 nitrogen and oxygen atoms in total. The molecule has 1 aromatic carbocycles. The van der Waals surface area contributed by atoms with Crippen LogP contribution in [0.5, 0.6) is 0 Å². The fraction of sp³-hybridized carbons (Fsp3) is 0.182. The van der Waals surface area contributed by atoms with E-state index < -0.39 is 0 Å². The van der Waals surface area contributed by atoms with Gasteiger partial charge in [-0.05, 0) is 11.1 Å². The maximum Gasteiger partial charge on any atom is 0.288 e. The van der Waals surface area contributed by atoms with Crippen LogP contribution in [0.4, 0.5) is 0 Å². The number of benzene rings is 1. The molecule has 0 saturated heterocycles. The summed E-state index contributed by atoms with van der Waals surface area (Å²) in [5.41, 5.74) is 1.80. The lowest BCUT2D eigenvalue weighted by molar-refractivity contribution is 0.0941. The van der Waals surface area contributed by atoms with Crippen molar-refractivity contribution in [2.45, 2.75) is 13.2 Å². The zero-order chi connectivity index (χ0) is 12.1. The molecule has 0 bridgehead atoms. The number of aliphatic hydroxyl groups excluding tert-OH is 1. The largest absolute Gasteiger partial charge is 0.392 e. The highest BCUT2D eigenvalue weighted by Gasteiger charge is 2.07. The predicted molar refractivity (Wildman–Crippen MR) is 59.9 cm³/mol. The third-order valence-electron chi connectivity index (χ3n) is 2.29. The Labute approximate surface area is 97.7 Å². The highest BCUT2D eigenvalue weighted by Crippen LogP contribution is 2.04. The Bertz CT molecular complexity index is 479. The number of amides is 1. The Kier molecular flexibility index (Phi) is 3.46. The van der Waals surface area contributed by atoms with Gasteiger partial charge in [-0.2, -0.15) is 5.10 Å². The molecule has 0 unspecified atom stereocenters. The van der Waals surface area contributed by atoms with E-state index in [4.69, 9.17) is 5.11 Å². The van der Waals surface area contributed by atoms with Gasteiger partial charge in [-0.15, -0.1) is 0 Å². The number of nitrogens with zero attached hydrogens (tertiary/aromatic N) is 2. The van der Waals surface area contributed by atoms with Gasteiger partial charge in [0.1, 0.15) is 6.33 Å². The third-order valence-corrected chi connectivity index (χ3v) is 2.29. The number of hydrogen-bond donors (Lipinski definition) is 3. The summed E-state index contributed by atoms with van der Waals surface area (Å²) in [6, 6.07) is 7.34. The molecule has 1 amide bonds. The van der Waals surface area contributed by atoms with Gasteiger partial charge in [0.2, 0.25) is 5.82 Å². The Morgan fingerprint density at radius 1 is 1.29 bits per heavy atom. The van der Waals surface area contributed by atoms with Gasteiger partial charge in [0.25, 0.3) is 5.91 Å². The minimum absolute atomic E-state index is 0.0186. The van der Waals surface area contributed by atoms with E-state index in [1.807, 2.05) is 24.3 Å². The number of aliphatic hydroxyl groups is 1. The number of H-pyrrole nitrogens is 1. The molecular weight excluding hydrogens is 220 g/mol. The van der Waals surface area contributed by atoms with Gasteiger partial charge < -0.3 is 10.4 Å². The molecule has 1 heterocycles. The normalized spacial score (nSPS) is 10.2. The molecule has 0 spiro atoms. The number of aromatic amines is 1. The Morgan fingerprint density at radius 3 is 2.59 bits per heavy atom. The van der Waals surface area contributed by atoms with Crippen molar-refractivity contribution < 1.29 is 9.90 Å². The van der Waals surface area contributed by atoms with E-state index in [-0.39, 0.29) is 18.3 Å². The first-order valence-electron chi connectivity index (χ1n) is 5.12. The van der Waals surface area contributed by atoms with Crippen LogP contribution in [-0.2, 0) is 13.2 Å². The molecule has 0 radical (unpaired) electrons. The van der Waals surface area contributed by atoms with Gasteiger partial charge in [0.05, 0.1) is 6.61 Å². The third kappa shape index (κ3) is 2.88. The Morgan fingerprint density at radius 2 is 2.00 bits per heavy atom. The maximum atomic E-state index is 11.5. The van der Waals surface area contributed by atoms with Crippen LogP contribution < -0.4 is 5.32 Å². The average Bonchev–Trinajstić information content (AvgIpc) is 2.90. The quantitative estimate of drug-likeness (QED) is 0.703. The lowest BCUT2D eigenvalue weighted by Crippen LogP contribution is -2.23. The molecule has 88 valence electrons. The van der Waals surface area contributed by atoms with Gasteiger partial charge in [-0.3, -0.25) is 9.89 Å². The molecule has 2 rings (SSSR count). The second-order valence-electron chi connectivity index (χ2n) is 3.49. The summed E-state index contributed by atoms with van der Waals surface area (Å²) < 4.78 is 0. The van der Waals surface area contributed by atoms with Crippen molar-refractivity contribution in [3.63, 3.8) is 0 Å². The number of carbonyl (C=O) groups excluding carboxylic acids is 1. The predicted octanol–water partition coefficient (Wildman–Crippen LogP) is 0.227. The summed E-state index contributed by atoms with van der Waals surface area (Å²) in [4.78, 5) is 15.3. The van der Waals surface area contributed by atoms with E-state index in [1.54, 1.807) is 0 Å². The first kappa shape index (κ1) is 11.3. The number of nitrogens with one attached hydrogen (secondary N) is 2. The van der Waals surface area contributed by atoms with E-state index in [9.17, 15) is 4.79 Å². The molecule has 0 fully saturated rings. The molecule has 6 heteroatoms. The van der Waals surface area contributed by atoms with Crippen LogP contribution in [0.25, 0.3) is 0 Å². The Hall–Kier alpha value is -2.21. The highest BCUT2D eigenvalue weighted by atomic mass is 16.3. The molecule has 0 atom stereocenters. The van der Waals surface area contributed by atoms with Crippen molar-refractivity contribution in [1.29, 1.82) is 0 Å². The molecule has 3 N–H and O–H groups in total. The maximum absolute atomic E-state index is 11.5. The van der Waals surface area contributed by atoms with Crippen LogP contribution in [0, 0.1) is 0 Å². The molecular formula is C11H12N4O2. The van der Waals surface area contributed by atoms with Crippen molar-refractivity contribution in [3.8, 4) is 0 Å². The monoisotopic (exact) mass is 232 g/mol. The first-order chi connectivity index (χ1) is 8.29. The fourth-order valence-corrected chi connectivity index (χ4v) is 1.34. The SMILES string of the molecule is O=C(NCc1ccc(CO)cc1)c1ncn[nH]1. The summed E-state index contributed by atoms with van der Waals surface area (Å²) in [7, 11) is 0. The van der Waals surface area contributed by atoms with Crippen molar-refractivity contribution in [1.82, 2.24) is 20.5 Å². The van der Waals surface area contributed by atoms with Gasteiger partial charge in [0.15, 0.2) is 0 Å². The van der Waals surface area contributed by atoms with E-state index in [2.05, 4.69) is 20.5 Å². The molecule has 0 aliphatic carbocycles. The van der Waals surface area contributed by atoms with Crippen LogP contribution >= 0.6 is 0 Å². The van der Waals surface area contributed by atoms with E-state index >= 15 is 0 Å². The van der Waals surface area contributed by atoms with Gasteiger partial charge >= 0.3 is 0 Å². The molecule has 0 saturated carbocycles. The lowest BCUT2D eigenvalue weighted by atomic mass is 10.1. The molecule has 2 aromatic rings. The molecule has 0 aliphatic heterocycles. The number of rotatable bonds is 4. The van der Waals surface area contributed by atoms with E-state index in [0.717, 1.165) is 11.1 Å². The van der Waals surface area contributed by atoms with Crippen molar-refractivity contribution >= 4 is 5.91 Å². The summed E-state index contributed by atoms with van der Waals surface area (Å²) in [5.74, 6) is -0.106. The summed E-state index contributed by atoms with van der Waals surface area (Å²) in [6.45, 7) is 0.427. The van der Waals surface area contributed by atoms with E-state index in [0.29, 0.717) is 6.54 Å². The number of hydrogen-bond acceptors (Lipinski definition) is 4. The minimum atomic E-state index is -0.297. The van der Waals surface area contributed by atoms with Crippen LogP contribution in [0.3, 0.4) is 0 Å². The van der Waals surface area contributed by atoms with Crippen LogP contribution in [0.15, 0.2) is 30.6 Å². The average molecular weight is 232 g/mol. The van der Waals surface area contributed by atoms with Crippen LogP contribution in [-0.4, -0.2) is 26.2 Å². The van der Waals surface area contributed by atoms with Crippen molar-refractivity contribution in [3.05, 3.63) is 47.5 Å². The zero-order valence-corrected chi connectivity index (χ0v) is 9.05. The number of aromatic nitrogens is 3. The summed E-state index contributed by atoms with van der Waals surface area (Å²) in [5, 5.41) is 17.7. The zero-order valence-electron chi connectivity index (χ0n) is 9.05. The van der Waals surface area contributed by atoms with E-state index in [1.165, 1.54) is 6.33 Å². The molecule has 1 aromatic heterocycles. The second-order valence-corrected chi connectivity index (χ2v) is 3.49. The molecule has 0 aliphatic rings.